The summed E-state index contributed by atoms with van der Waals surface area (Å²) < 4.78 is 19.5. The standard InChI is InChI=1S/C14H8BrCl2FO2/c15-11-6-5-10(14(18)13(11)17)12(19)7-20-9-3-1-8(16)2-4-9/h1-6H,7H2. The lowest BCUT2D eigenvalue weighted by molar-refractivity contribution is 0.0917. The van der Waals surface area contributed by atoms with Gasteiger partial charge in [-0.25, -0.2) is 4.39 Å². The Morgan fingerprint density at radius 1 is 1.15 bits per heavy atom. The number of halogens is 4. The fourth-order valence-corrected chi connectivity index (χ4v) is 2.10. The molecule has 0 aliphatic rings. The van der Waals surface area contributed by atoms with Crippen LogP contribution in [0.15, 0.2) is 40.9 Å². The third-order valence-corrected chi connectivity index (χ3v) is 4.03. The molecule has 0 fully saturated rings. The van der Waals surface area contributed by atoms with Gasteiger partial charge in [0.25, 0.3) is 0 Å². The van der Waals surface area contributed by atoms with E-state index in [-0.39, 0.29) is 17.2 Å². The summed E-state index contributed by atoms with van der Waals surface area (Å²) in [5.41, 5.74) is -0.104. The van der Waals surface area contributed by atoms with Crippen molar-refractivity contribution in [2.24, 2.45) is 0 Å². The molecule has 2 nitrogen and oxygen atoms in total. The molecule has 2 rings (SSSR count). The highest BCUT2D eigenvalue weighted by Crippen LogP contribution is 2.27. The van der Waals surface area contributed by atoms with Crippen LogP contribution >= 0.6 is 39.1 Å². The number of ketones is 1. The molecule has 0 unspecified atom stereocenters. The minimum absolute atomic E-state index is 0.104. The number of hydrogen-bond acceptors (Lipinski definition) is 2. The summed E-state index contributed by atoms with van der Waals surface area (Å²) >= 11 is 14.5. The van der Waals surface area contributed by atoms with Crippen LogP contribution in [0.4, 0.5) is 4.39 Å². The maximum atomic E-state index is 13.8. The Morgan fingerprint density at radius 3 is 2.45 bits per heavy atom. The molecule has 104 valence electrons. The highest BCUT2D eigenvalue weighted by Gasteiger charge is 2.17. The Morgan fingerprint density at radius 2 is 1.80 bits per heavy atom. The van der Waals surface area contributed by atoms with Gasteiger partial charge < -0.3 is 4.74 Å². The van der Waals surface area contributed by atoms with E-state index in [1.165, 1.54) is 12.1 Å². The van der Waals surface area contributed by atoms with E-state index in [2.05, 4.69) is 15.9 Å². The van der Waals surface area contributed by atoms with Crippen LogP contribution in [0.2, 0.25) is 10.0 Å². The molecule has 6 heteroatoms. The van der Waals surface area contributed by atoms with Crippen molar-refractivity contribution < 1.29 is 13.9 Å². The number of rotatable bonds is 4. The zero-order valence-electron chi connectivity index (χ0n) is 10.00. The van der Waals surface area contributed by atoms with E-state index in [1.807, 2.05) is 0 Å². The second-order valence-electron chi connectivity index (χ2n) is 3.89. The number of ether oxygens (including phenoxy) is 1. The molecule has 0 aliphatic heterocycles. The van der Waals surface area contributed by atoms with Gasteiger partial charge >= 0.3 is 0 Å². The highest BCUT2D eigenvalue weighted by molar-refractivity contribution is 9.10. The first kappa shape index (κ1) is 15.3. The predicted octanol–water partition coefficient (Wildman–Crippen LogP) is 5.16. The van der Waals surface area contributed by atoms with Gasteiger partial charge in [-0.2, -0.15) is 0 Å². The summed E-state index contributed by atoms with van der Waals surface area (Å²) in [5, 5.41) is 0.441. The van der Waals surface area contributed by atoms with Gasteiger partial charge in [-0.15, -0.1) is 0 Å². The molecule has 0 atom stereocenters. The molecule has 0 N–H and O–H groups in total. The zero-order chi connectivity index (χ0) is 14.7. The summed E-state index contributed by atoms with van der Waals surface area (Å²) in [7, 11) is 0. The van der Waals surface area contributed by atoms with E-state index in [1.54, 1.807) is 24.3 Å². The summed E-state index contributed by atoms with van der Waals surface area (Å²) in [4.78, 5) is 11.9. The van der Waals surface area contributed by atoms with Crippen molar-refractivity contribution in [1.82, 2.24) is 0 Å². The molecule has 20 heavy (non-hydrogen) atoms. The quantitative estimate of drug-likeness (QED) is 0.543. The number of benzene rings is 2. The molecule has 2 aromatic carbocycles. The van der Waals surface area contributed by atoms with Crippen LogP contribution in [0, 0.1) is 5.82 Å². The first-order chi connectivity index (χ1) is 9.49. The molecule has 0 amide bonds. The minimum atomic E-state index is -0.759. The highest BCUT2D eigenvalue weighted by atomic mass is 79.9. The van der Waals surface area contributed by atoms with Crippen LogP contribution < -0.4 is 4.74 Å². The lowest BCUT2D eigenvalue weighted by Gasteiger charge is -2.07. The van der Waals surface area contributed by atoms with Gasteiger partial charge in [-0.05, 0) is 52.3 Å². The summed E-state index contributed by atoms with van der Waals surface area (Å²) in [5.74, 6) is -0.774. The van der Waals surface area contributed by atoms with Crippen LogP contribution in [0.3, 0.4) is 0 Å². The minimum Gasteiger partial charge on any atom is -0.485 e. The van der Waals surface area contributed by atoms with Gasteiger partial charge in [0, 0.05) is 9.50 Å². The SMILES string of the molecule is O=C(COc1ccc(Cl)cc1)c1ccc(Br)c(Cl)c1F. The van der Waals surface area contributed by atoms with E-state index in [0.29, 0.717) is 15.2 Å². The van der Waals surface area contributed by atoms with E-state index < -0.39 is 11.6 Å². The zero-order valence-corrected chi connectivity index (χ0v) is 13.1. The number of carbonyl (C=O) groups is 1. The van der Waals surface area contributed by atoms with Crippen molar-refractivity contribution in [3.8, 4) is 5.75 Å². The van der Waals surface area contributed by atoms with E-state index >= 15 is 0 Å². The fraction of sp³-hybridized carbons (Fsp3) is 0.0714. The van der Waals surface area contributed by atoms with Gasteiger partial charge in [-0.3, -0.25) is 4.79 Å². The topological polar surface area (TPSA) is 26.3 Å². The molecule has 0 aromatic heterocycles. The van der Waals surface area contributed by atoms with Crippen molar-refractivity contribution in [2.75, 3.05) is 6.61 Å². The monoisotopic (exact) mass is 376 g/mol. The van der Waals surface area contributed by atoms with Gasteiger partial charge in [-0.1, -0.05) is 23.2 Å². The van der Waals surface area contributed by atoms with Crippen molar-refractivity contribution in [1.29, 1.82) is 0 Å². The lowest BCUT2D eigenvalue weighted by atomic mass is 10.1. The largest absolute Gasteiger partial charge is 0.485 e. The summed E-state index contributed by atoms with van der Waals surface area (Å²) in [6.07, 6.45) is 0. The fourth-order valence-electron chi connectivity index (χ4n) is 1.50. The molecule has 2 aromatic rings. The first-order valence-electron chi connectivity index (χ1n) is 5.54. The Bertz CT molecular complexity index is 644. The second kappa shape index (κ2) is 6.57. The van der Waals surface area contributed by atoms with E-state index in [0.717, 1.165) is 0 Å². The Balaban J connectivity index is 2.09. The van der Waals surface area contributed by atoms with Gasteiger partial charge in [0.1, 0.15) is 5.75 Å². The molecule has 0 radical (unpaired) electrons. The molecule has 0 bridgehead atoms. The first-order valence-corrected chi connectivity index (χ1v) is 7.09. The predicted molar refractivity (Wildman–Crippen MR) is 80.4 cm³/mol. The number of hydrogen-bond donors (Lipinski definition) is 0. The van der Waals surface area contributed by atoms with Crippen LogP contribution in [-0.2, 0) is 0 Å². The summed E-state index contributed by atoms with van der Waals surface area (Å²) in [6.45, 7) is -0.281. The maximum absolute atomic E-state index is 13.8. The Hall–Kier alpha value is -1.10. The normalized spacial score (nSPS) is 10.4. The van der Waals surface area contributed by atoms with Crippen LogP contribution in [0.25, 0.3) is 0 Å². The smallest absolute Gasteiger partial charge is 0.203 e. The molecular formula is C14H8BrCl2FO2. The summed E-state index contributed by atoms with van der Waals surface area (Å²) in [6, 6.07) is 9.40. The van der Waals surface area contributed by atoms with Gasteiger partial charge in [0.15, 0.2) is 12.4 Å². The maximum Gasteiger partial charge on any atom is 0.203 e. The van der Waals surface area contributed by atoms with E-state index in [4.69, 9.17) is 27.9 Å². The molecule has 0 saturated carbocycles. The second-order valence-corrected chi connectivity index (χ2v) is 5.56. The van der Waals surface area contributed by atoms with Crippen molar-refractivity contribution in [3.05, 3.63) is 62.3 Å². The molecule has 0 saturated heterocycles. The average molecular weight is 378 g/mol. The van der Waals surface area contributed by atoms with Crippen molar-refractivity contribution in [3.63, 3.8) is 0 Å². The Labute approximate surface area is 133 Å². The van der Waals surface area contributed by atoms with Crippen molar-refractivity contribution >= 4 is 44.9 Å². The van der Waals surface area contributed by atoms with E-state index in [9.17, 15) is 9.18 Å². The average Bonchev–Trinajstić information content (AvgIpc) is 2.44. The lowest BCUT2D eigenvalue weighted by Crippen LogP contribution is -2.13. The third-order valence-electron chi connectivity index (χ3n) is 2.52. The molecule has 0 heterocycles. The number of Topliss-reactive ketones (excluding diaryl/α,β-unsaturated/α-hetero) is 1. The van der Waals surface area contributed by atoms with Crippen molar-refractivity contribution in [2.45, 2.75) is 0 Å². The molecule has 0 aliphatic carbocycles. The van der Waals surface area contributed by atoms with Crippen LogP contribution in [0.5, 0.6) is 5.75 Å². The molecular weight excluding hydrogens is 370 g/mol. The molecule has 0 spiro atoms. The van der Waals surface area contributed by atoms with Gasteiger partial charge in [0.2, 0.25) is 5.78 Å². The Kier molecular flexibility index (Phi) is 5.02. The third kappa shape index (κ3) is 3.51. The van der Waals surface area contributed by atoms with Gasteiger partial charge in [0.05, 0.1) is 10.6 Å². The van der Waals surface area contributed by atoms with Crippen LogP contribution in [0.1, 0.15) is 10.4 Å². The van der Waals surface area contributed by atoms with Crippen LogP contribution in [-0.4, -0.2) is 12.4 Å². The number of carbonyl (C=O) groups excluding carboxylic acids is 1.